The monoisotopic (exact) mass is 304 g/mol. The van der Waals surface area contributed by atoms with E-state index in [2.05, 4.69) is 5.32 Å². The second-order valence-electron chi connectivity index (χ2n) is 3.71. The number of anilines is 1. The maximum absolute atomic E-state index is 13.0. The predicted octanol–water partition coefficient (Wildman–Crippen LogP) is 1.53. The number of carbonyl (C=O) groups is 3. The van der Waals surface area contributed by atoms with Gasteiger partial charge in [0.15, 0.2) is 0 Å². The molecule has 1 atom stereocenters. The van der Waals surface area contributed by atoms with Crippen molar-refractivity contribution in [3.63, 3.8) is 0 Å². The van der Waals surface area contributed by atoms with E-state index in [1.54, 1.807) is 0 Å². The van der Waals surface area contributed by atoms with Crippen LogP contribution in [0.15, 0.2) is 18.2 Å². The Kier molecular flexibility index (Phi) is 5.27. The first kappa shape index (κ1) is 15.7. The molecule has 0 heterocycles. The minimum absolute atomic E-state index is 0.0478. The molecule has 7 nitrogen and oxygen atoms in total. The van der Waals surface area contributed by atoms with E-state index < -0.39 is 36.2 Å². The van der Waals surface area contributed by atoms with Crippen LogP contribution in [-0.4, -0.2) is 34.2 Å². The summed E-state index contributed by atoms with van der Waals surface area (Å²) < 4.78 is 13.0. The Labute approximate surface area is 117 Å². The summed E-state index contributed by atoms with van der Waals surface area (Å²) in [6.07, 6.45) is -0.792. The lowest BCUT2D eigenvalue weighted by Crippen LogP contribution is -2.44. The molecule has 0 saturated heterocycles. The number of halogens is 2. The number of hydrogen-bond donors (Lipinski definition) is 4. The Balaban J connectivity index is 2.72. The number of hydrogen-bond acceptors (Lipinski definition) is 3. The molecule has 0 radical (unpaired) electrons. The summed E-state index contributed by atoms with van der Waals surface area (Å²) in [4.78, 5) is 32.7. The molecule has 2 amide bonds. The summed E-state index contributed by atoms with van der Waals surface area (Å²) in [5.74, 6) is -3.54. The molecule has 0 spiro atoms. The highest BCUT2D eigenvalue weighted by Gasteiger charge is 2.23. The third-order valence-corrected chi connectivity index (χ3v) is 2.49. The zero-order valence-electron chi connectivity index (χ0n) is 9.89. The summed E-state index contributed by atoms with van der Waals surface area (Å²) >= 11 is 5.70. The number of carbonyl (C=O) groups excluding carboxylic acids is 1. The van der Waals surface area contributed by atoms with E-state index in [9.17, 15) is 18.8 Å². The van der Waals surface area contributed by atoms with Gasteiger partial charge < -0.3 is 20.8 Å². The third kappa shape index (κ3) is 4.73. The van der Waals surface area contributed by atoms with Crippen LogP contribution in [0.2, 0.25) is 5.02 Å². The highest BCUT2D eigenvalue weighted by molar-refractivity contribution is 6.33. The summed E-state index contributed by atoms with van der Waals surface area (Å²) in [6.45, 7) is 0. The van der Waals surface area contributed by atoms with Gasteiger partial charge in [-0.25, -0.2) is 14.0 Å². The normalized spacial score (nSPS) is 11.5. The lowest BCUT2D eigenvalue weighted by Gasteiger charge is -2.13. The number of carboxylic acids is 2. The van der Waals surface area contributed by atoms with E-state index in [0.717, 1.165) is 12.1 Å². The summed E-state index contributed by atoms with van der Waals surface area (Å²) in [6, 6.07) is 0.606. The van der Waals surface area contributed by atoms with Gasteiger partial charge in [0, 0.05) is 0 Å². The molecule has 0 aliphatic heterocycles. The van der Waals surface area contributed by atoms with Crippen molar-refractivity contribution in [1.82, 2.24) is 5.32 Å². The lowest BCUT2D eigenvalue weighted by molar-refractivity contribution is -0.145. The van der Waals surface area contributed by atoms with Gasteiger partial charge in [-0.05, 0) is 18.2 Å². The van der Waals surface area contributed by atoms with Crippen molar-refractivity contribution in [3.05, 3.63) is 29.0 Å². The number of rotatable bonds is 5. The van der Waals surface area contributed by atoms with Crippen LogP contribution in [0.25, 0.3) is 0 Å². The first-order valence-electron chi connectivity index (χ1n) is 5.26. The highest BCUT2D eigenvalue weighted by Crippen LogP contribution is 2.22. The zero-order valence-corrected chi connectivity index (χ0v) is 10.6. The highest BCUT2D eigenvalue weighted by atomic mass is 35.5. The van der Waals surface area contributed by atoms with Gasteiger partial charge in [-0.1, -0.05) is 11.6 Å². The van der Waals surface area contributed by atoms with Crippen LogP contribution in [-0.2, 0) is 9.59 Å². The van der Waals surface area contributed by atoms with Gasteiger partial charge in [0.2, 0.25) is 0 Å². The summed E-state index contributed by atoms with van der Waals surface area (Å²) in [5, 5.41) is 21.4. The molecule has 108 valence electrons. The molecule has 0 aromatic heterocycles. The Hall–Kier alpha value is -2.35. The first-order chi connectivity index (χ1) is 9.29. The molecule has 0 saturated carbocycles. The van der Waals surface area contributed by atoms with E-state index in [1.165, 1.54) is 6.07 Å². The zero-order chi connectivity index (χ0) is 15.3. The number of amides is 2. The molecular formula is C11H10ClFN2O5. The van der Waals surface area contributed by atoms with Crippen LogP contribution < -0.4 is 10.6 Å². The standard InChI is InChI=1S/C11H10ClFN2O5/c12-6-2-1-5(13)3-7(6)14-11(20)15-8(10(18)19)4-9(16)17/h1-3,8H,4H2,(H,16,17)(H,18,19)(H2,14,15,20)/t8-/m1/s1. The van der Waals surface area contributed by atoms with Crippen LogP contribution in [0.1, 0.15) is 6.42 Å². The first-order valence-corrected chi connectivity index (χ1v) is 5.64. The smallest absolute Gasteiger partial charge is 0.326 e. The van der Waals surface area contributed by atoms with Crippen molar-refractivity contribution in [2.24, 2.45) is 0 Å². The molecular weight excluding hydrogens is 295 g/mol. The average molecular weight is 305 g/mol. The molecule has 0 aliphatic rings. The van der Waals surface area contributed by atoms with Crippen LogP contribution >= 0.6 is 11.6 Å². The van der Waals surface area contributed by atoms with E-state index in [1.807, 2.05) is 5.32 Å². The van der Waals surface area contributed by atoms with E-state index in [4.69, 9.17) is 21.8 Å². The number of urea groups is 1. The number of aliphatic carboxylic acids is 2. The Morgan fingerprint density at radius 1 is 1.30 bits per heavy atom. The minimum Gasteiger partial charge on any atom is -0.481 e. The summed E-state index contributed by atoms with van der Waals surface area (Å²) in [5.41, 5.74) is -0.0661. The summed E-state index contributed by atoms with van der Waals surface area (Å²) in [7, 11) is 0. The fraction of sp³-hybridized carbons (Fsp3) is 0.182. The molecule has 9 heteroatoms. The van der Waals surface area contributed by atoms with Crippen molar-refractivity contribution in [2.75, 3.05) is 5.32 Å². The minimum atomic E-state index is -1.61. The quantitative estimate of drug-likeness (QED) is 0.658. The lowest BCUT2D eigenvalue weighted by atomic mass is 10.2. The van der Waals surface area contributed by atoms with Crippen molar-refractivity contribution in [2.45, 2.75) is 12.5 Å². The van der Waals surface area contributed by atoms with Crippen LogP contribution in [0.5, 0.6) is 0 Å². The van der Waals surface area contributed by atoms with Crippen molar-refractivity contribution in [1.29, 1.82) is 0 Å². The van der Waals surface area contributed by atoms with Crippen molar-refractivity contribution < 1.29 is 29.0 Å². The molecule has 1 aromatic rings. The fourth-order valence-electron chi connectivity index (χ4n) is 1.28. The van der Waals surface area contributed by atoms with Crippen LogP contribution in [0.4, 0.5) is 14.9 Å². The van der Waals surface area contributed by atoms with E-state index in [-0.39, 0.29) is 10.7 Å². The second-order valence-corrected chi connectivity index (χ2v) is 4.12. The Morgan fingerprint density at radius 2 is 1.95 bits per heavy atom. The Morgan fingerprint density at radius 3 is 2.50 bits per heavy atom. The fourth-order valence-corrected chi connectivity index (χ4v) is 1.45. The van der Waals surface area contributed by atoms with Gasteiger partial charge >= 0.3 is 18.0 Å². The maximum Gasteiger partial charge on any atom is 0.326 e. The molecule has 1 aromatic carbocycles. The van der Waals surface area contributed by atoms with Gasteiger partial charge in [-0.15, -0.1) is 0 Å². The second kappa shape index (κ2) is 6.71. The van der Waals surface area contributed by atoms with Gasteiger partial charge in [0.1, 0.15) is 11.9 Å². The molecule has 0 bridgehead atoms. The Bertz CT molecular complexity index is 552. The largest absolute Gasteiger partial charge is 0.481 e. The molecule has 0 unspecified atom stereocenters. The van der Waals surface area contributed by atoms with Crippen molar-refractivity contribution in [3.8, 4) is 0 Å². The number of benzene rings is 1. The van der Waals surface area contributed by atoms with Gasteiger partial charge in [-0.3, -0.25) is 4.79 Å². The van der Waals surface area contributed by atoms with Crippen molar-refractivity contribution >= 4 is 35.3 Å². The predicted molar refractivity (Wildman–Crippen MR) is 67.2 cm³/mol. The van der Waals surface area contributed by atoms with E-state index >= 15 is 0 Å². The van der Waals surface area contributed by atoms with Crippen LogP contribution in [0, 0.1) is 5.82 Å². The van der Waals surface area contributed by atoms with Gasteiger partial charge in [0.25, 0.3) is 0 Å². The molecule has 0 aliphatic carbocycles. The average Bonchev–Trinajstić information content (AvgIpc) is 2.32. The molecule has 0 fully saturated rings. The molecule has 4 N–H and O–H groups in total. The SMILES string of the molecule is O=C(O)C[C@@H](NC(=O)Nc1cc(F)ccc1Cl)C(=O)O. The van der Waals surface area contributed by atoms with Crippen LogP contribution in [0.3, 0.4) is 0 Å². The number of carboxylic acid groups (broad SMARTS) is 2. The van der Waals surface area contributed by atoms with E-state index in [0.29, 0.717) is 0 Å². The topological polar surface area (TPSA) is 116 Å². The third-order valence-electron chi connectivity index (χ3n) is 2.16. The molecule has 1 rings (SSSR count). The maximum atomic E-state index is 13.0. The molecule has 20 heavy (non-hydrogen) atoms. The van der Waals surface area contributed by atoms with Gasteiger partial charge in [0.05, 0.1) is 17.1 Å². The number of nitrogens with one attached hydrogen (secondary N) is 2. The van der Waals surface area contributed by atoms with Gasteiger partial charge in [-0.2, -0.15) is 0 Å².